The van der Waals surface area contributed by atoms with Crippen LogP contribution in [0.3, 0.4) is 0 Å². The standard InChI is InChI=1S/C32H38N4O4S/c1-22(32-19-23-14-24(20-32)16-25(15-23)21-32)33-30-18-28(7-9-31(30)36(37)38)34-10-12-35(13-11-34)41(39,40)29-8-6-26-4-2-3-5-27(26)17-29/h2-9,17-18,22-25,33H,10-16,19-21H2,1H3. The van der Waals surface area contributed by atoms with Gasteiger partial charge in [-0.25, -0.2) is 8.42 Å². The zero-order chi connectivity index (χ0) is 28.4. The Bertz CT molecular complexity index is 1560. The summed E-state index contributed by atoms with van der Waals surface area (Å²) in [4.78, 5) is 14.1. The average Bonchev–Trinajstić information content (AvgIpc) is 2.96. The fourth-order valence-corrected chi connectivity index (χ4v) is 10.2. The first-order valence-corrected chi connectivity index (χ1v) is 16.4. The van der Waals surface area contributed by atoms with Crippen LogP contribution in [0.4, 0.5) is 17.1 Å². The van der Waals surface area contributed by atoms with E-state index in [4.69, 9.17) is 0 Å². The van der Waals surface area contributed by atoms with Crippen LogP contribution < -0.4 is 10.2 Å². The molecule has 1 atom stereocenters. The first-order valence-electron chi connectivity index (χ1n) is 15.0. The van der Waals surface area contributed by atoms with E-state index in [0.717, 1.165) is 34.2 Å². The lowest BCUT2D eigenvalue weighted by Gasteiger charge is -2.59. The molecule has 1 heterocycles. The van der Waals surface area contributed by atoms with Gasteiger partial charge in [0, 0.05) is 44.0 Å². The van der Waals surface area contributed by atoms with Crippen molar-refractivity contribution in [3.05, 3.63) is 70.8 Å². The normalized spacial score (nSPS) is 28.6. The predicted molar refractivity (Wildman–Crippen MR) is 162 cm³/mol. The van der Waals surface area contributed by atoms with Crippen LogP contribution in [0.15, 0.2) is 65.6 Å². The van der Waals surface area contributed by atoms with Crippen molar-refractivity contribution in [2.75, 3.05) is 36.4 Å². The van der Waals surface area contributed by atoms with E-state index in [2.05, 4.69) is 17.1 Å². The summed E-state index contributed by atoms with van der Waals surface area (Å²) < 4.78 is 28.5. The van der Waals surface area contributed by atoms with Crippen LogP contribution in [0.25, 0.3) is 10.8 Å². The molecule has 3 aromatic carbocycles. The molecule has 1 aliphatic heterocycles. The van der Waals surface area contributed by atoms with Crippen molar-refractivity contribution in [2.45, 2.75) is 56.4 Å². The second-order valence-electron chi connectivity index (χ2n) is 13.0. The van der Waals surface area contributed by atoms with Crippen molar-refractivity contribution in [3.63, 3.8) is 0 Å². The molecule has 9 heteroatoms. The van der Waals surface area contributed by atoms with Gasteiger partial charge in [0.15, 0.2) is 0 Å². The van der Waals surface area contributed by atoms with Crippen LogP contribution in [-0.2, 0) is 10.0 Å². The van der Waals surface area contributed by atoms with Gasteiger partial charge in [0.05, 0.1) is 9.82 Å². The van der Waals surface area contributed by atoms with Gasteiger partial charge in [0.2, 0.25) is 10.0 Å². The fourth-order valence-electron chi connectivity index (χ4n) is 8.75. The number of anilines is 2. The predicted octanol–water partition coefficient (Wildman–Crippen LogP) is 6.28. The quantitative estimate of drug-likeness (QED) is 0.264. The zero-order valence-electron chi connectivity index (χ0n) is 23.5. The van der Waals surface area contributed by atoms with Crippen LogP contribution in [-0.4, -0.2) is 49.9 Å². The van der Waals surface area contributed by atoms with Gasteiger partial charge in [-0.05, 0) is 104 Å². The summed E-state index contributed by atoms with van der Waals surface area (Å²) in [6.07, 6.45) is 7.79. The summed E-state index contributed by atoms with van der Waals surface area (Å²) in [5.41, 5.74) is 1.78. The molecule has 1 N–H and O–H groups in total. The van der Waals surface area contributed by atoms with Crippen molar-refractivity contribution >= 4 is 37.9 Å². The molecule has 8 rings (SSSR count). The molecule has 0 radical (unpaired) electrons. The number of rotatable bonds is 7. The summed E-state index contributed by atoms with van der Waals surface area (Å²) in [7, 11) is -3.62. The van der Waals surface area contributed by atoms with Crippen LogP contribution in [0, 0.1) is 33.3 Å². The van der Waals surface area contributed by atoms with Gasteiger partial charge in [-0.15, -0.1) is 0 Å². The summed E-state index contributed by atoms with van der Waals surface area (Å²) in [6.45, 7) is 3.99. The number of nitrogens with one attached hydrogen (secondary N) is 1. The lowest BCUT2D eigenvalue weighted by molar-refractivity contribution is -0.384. The molecule has 4 aliphatic carbocycles. The van der Waals surface area contributed by atoms with Crippen molar-refractivity contribution in [1.29, 1.82) is 0 Å². The number of piperazine rings is 1. The number of nitro groups is 1. The minimum atomic E-state index is -3.62. The van der Waals surface area contributed by atoms with E-state index in [1.165, 1.54) is 38.5 Å². The zero-order valence-corrected chi connectivity index (χ0v) is 24.4. The molecule has 1 saturated heterocycles. The largest absolute Gasteiger partial charge is 0.376 e. The summed E-state index contributed by atoms with van der Waals surface area (Å²) in [5.74, 6) is 2.44. The van der Waals surface area contributed by atoms with Crippen LogP contribution in [0.2, 0.25) is 0 Å². The van der Waals surface area contributed by atoms with Crippen molar-refractivity contribution in [1.82, 2.24) is 4.31 Å². The Kier molecular flexibility index (Phi) is 6.50. The summed E-state index contributed by atoms with van der Waals surface area (Å²) >= 11 is 0. The minimum absolute atomic E-state index is 0.0999. The molecule has 5 aliphatic rings. The molecule has 5 fully saturated rings. The first kappa shape index (κ1) is 26.7. The van der Waals surface area contributed by atoms with Gasteiger partial charge < -0.3 is 10.2 Å². The minimum Gasteiger partial charge on any atom is -0.376 e. The van der Waals surface area contributed by atoms with Crippen molar-refractivity contribution in [2.24, 2.45) is 23.2 Å². The summed E-state index contributed by atoms with van der Waals surface area (Å²) in [6, 6.07) is 18.5. The van der Waals surface area contributed by atoms with Crippen LogP contribution in [0.1, 0.15) is 45.4 Å². The Balaban J connectivity index is 1.07. The van der Waals surface area contributed by atoms with Crippen molar-refractivity contribution < 1.29 is 13.3 Å². The first-order chi connectivity index (χ1) is 19.7. The third-order valence-corrected chi connectivity index (χ3v) is 12.4. The molecule has 0 aromatic heterocycles. The van der Waals surface area contributed by atoms with E-state index in [-0.39, 0.29) is 22.1 Å². The Labute approximate surface area is 241 Å². The highest BCUT2D eigenvalue weighted by atomic mass is 32.2. The molecule has 8 nitrogen and oxygen atoms in total. The molecular formula is C32H38N4O4S. The molecule has 1 unspecified atom stereocenters. The molecule has 4 bridgehead atoms. The number of fused-ring (bicyclic) bond motifs is 1. The maximum absolute atomic E-state index is 13.5. The van der Waals surface area contributed by atoms with Crippen molar-refractivity contribution in [3.8, 4) is 0 Å². The second-order valence-corrected chi connectivity index (χ2v) is 14.9. The van der Waals surface area contributed by atoms with E-state index in [1.807, 2.05) is 36.4 Å². The van der Waals surface area contributed by atoms with Gasteiger partial charge >= 0.3 is 0 Å². The molecule has 0 spiro atoms. The number of hydrogen-bond acceptors (Lipinski definition) is 6. The van der Waals surface area contributed by atoms with E-state index in [9.17, 15) is 18.5 Å². The highest BCUT2D eigenvalue weighted by Gasteiger charge is 2.53. The Hall–Kier alpha value is -3.17. The molecular weight excluding hydrogens is 536 g/mol. The molecule has 0 amide bonds. The second kappa shape index (κ2) is 9.98. The number of nitrogens with zero attached hydrogens (tertiary/aromatic N) is 3. The van der Waals surface area contributed by atoms with Gasteiger partial charge in [0.1, 0.15) is 5.69 Å². The lowest BCUT2D eigenvalue weighted by Crippen LogP contribution is -2.53. The Morgan fingerprint density at radius 3 is 2.15 bits per heavy atom. The fraction of sp³-hybridized carbons (Fsp3) is 0.500. The smallest absolute Gasteiger partial charge is 0.292 e. The third kappa shape index (κ3) is 4.77. The maximum Gasteiger partial charge on any atom is 0.292 e. The Morgan fingerprint density at radius 2 is 1.51 bits per heavy atom. The number of hydrogen-bond donors (Lipinski definition) is 1. The molecule has 216 valence electrons. The molecule has 3 aromatic rings. The SMILES string of the molecule is CC(Nc1cc(N2CCN(S(=O)(=O)c3ccc4ccccc4c3)CC2)ccc1[N+](=O)[O-])C12CC3CC(CC(C3)C1)C2. The molecule has 41 heavy (non-hydrogen) atoms. The van der Waals surface area contributed by atoms with Gasteiger partial charge in [0.25, 0.3) is 5.69 Å². The highest BCUT2D eigenvalue weighted by molar-refractivity contribution is 7.89. The number of sulfonamides is 1. The van der Waals surface area contributed by atoms with E-state index in [1.54, 1.807) is 28.6 Å². The van der Waals surface area contributed by atoms with Crippen LogP contribution in [0.5, 0.6) is 0 Å². The topological polar surface area (TPSA) is 95.8 Å². The maximum atomic E-state index is 13.5. The summed E-state index contributed by atoms with van der Waals surface area (Å²) in [5, 5.41) is 17.5. The van der Waals surface area contributed by atoms with Gasteiger partial charge in [-0.2, -0.15) is 4.31 Å². The van der Waals surface area contributed by atoms with E-state index < -0.39 is 10.0 Å². The van der Waals surface area contributed by atoms with E-state index in [0.29, 0.717) is 36.8 Å². The number of benzene rings is 3. The lowest BCUT2D eigenvalue weighted by atomic mass is 9.48. The third-order valence-electron chi connectivity index (χ3n) is 10.5. The highest BCUT2D eigenvalue weighted by Crippen LogP contribution is 2.61. The molecule has 4 saturated carbocycles. The van der Waals surface area contributed by atoms with Gasteiger partial charge in [-0.1, -0.05) is 30.3 Å². The average molecular weight is 575 g/mol. The van der Waals surface area contributed by atoms with E-state index >= 15 is 0 Å². The number of nitro benzene ring substituents is 1. The Morgan fingerprint density at radius 1 is 0.878 bits per heavy atom. The van der Waals surface area contributed by atoms with Crippen LogP contribution >= 0.6 is 0 Å². The van der Waals surface area contributed by atoms with Gasteiger partial charge in [-0.3, -0.25) is 10.1 Å². The monoisotopic (exact) mass is 574 g/mol.